The first-order valence-electron chi connectivity index (χ1n) is 13.0. The molecule has 3 heterocycles. The lowest BCUT2D eigenvalue weighted by molar-refractivity contribution is -0.274. The van der Waals surface area contributed by atoms with E-state index in [2.05, 4.69) is 20.1 Å². The van der Waals surface area contributed by atoms with Gasteiger partial charge in [-0.1, -0.05) is 18.2 Å². The van der Waals surface area contributed by atoms with Crippen molar-refractivity contribution >= 4 is 34.2 Å². The standard InChI is InChI=1S/C28H28F3N5O5/c1-27(2,3)41-26(39)35-13-11-16(12-14-35)20-15-22(37)33-24-23-18(8-6-9-19(23)34-36(20)24)32-25(38)17-7-4-5-10-21(17)40-28(29,30)31/h4-10,15-16H,11-14H2,1-3H3,(H,32,38)(H,33,37). The zero-order valence-corrected chi connectivity index (χ0v) is 22.5. The minimum Gasteiger partial charge on any atom is -0.444 e. The zero-order valence-electron chi connectivity index (χ0n) is 22.5. The van der Waals surface area contributed by atoms with Crippen LogP contribution in [-0.2, 0) is 4.74 Å². The Kier molecular flexibility index (Phi) is 7.14. The number of rotatable bonds is 4. The van der Waals surface area contributed by atoms with Gasteiger partial charge in [0, 0.05) is 25.1 Å². The normalized spacial score (nSPS) is 14.8. The van der Waals surface area contributed by atoms with E-state index in [4.69, 9.17) is 4.74 Å². The Morgan fingerprint density at radius 2 is 1.76 bits per heavy atom. The van der Waals surface area contributed by atoms with Gasteiger partial charge in [-0.2, -0.15) is 5.10 Å². The summed E-state index contributed by atoms with van der Waals surface area (Å²) in [6.45, 7) is 6.29. The first-order valence-corrected chi connectivity index (χ1v) is 13.0. The highest BCUT2D eigenvalue weighted by Crippen LogP contribution is 2.33. The van der Waals surface area contributed by atoms with Gasteiger partial charge in [-0.3, -0.25) is 9.59 Å². The molecule has 41 heavy (non-hydrogen) atoms. The van der Waals surface area contributed by atoms with Crippen LogP contribution in [0.4, 0.5) is 23.7 Å². The van der Waals surface area contributed by atoms with Crippen molar-refractivity contribution in [2.45, 2.75) is 51.5 Å². The molecule has 0 spiro atoms. The number of H-pyrrole nitrogens is 1. The second kappa shape index (κ2) is 10.5. The van der Waals surface area contributed by atoms with Gasteiger partial charge >= 0.3 is 12.5 Å². The fourth-order valence-corrected chi connectivity index (χ4v) is 4.92. The molecule has 0 unspecified atom stereocenters. The van der Waals surface area contributed by atoms with Crippen LogP contribution in [0.25, 0.3) is 16.6 Å². The maximum absolute atomic E-state index is 13.1. The summed E-state index contributed by atoms with van der Waals surface area (Å²) < 4.78 is 49.8. The van der Waals surface area contributed by atoms with Crippen LogP contribution in [0, 0.1) is 0 Å². The monoisotopic (exact) mass is 571 g/mol. The highest BCUT2D eigenvalue weighted by molar-refractivity contribution is 6.12. The van der Waals surface area contributed by atoms with Gasteiger partial charge in [0.25, 0.3) is 11.5 Å². The summed E-state index contributed by atoms with van der Waals surface area (Å²) in [6.07, 6.45) is -4.21. The largest absolute Gasteiger partial charge is 0.573 e. The van der Waals surface area contributed by atoms with Crippen molar-refractivity contribution in [2.75, 3.05) is 18.4 Å². The van der Waals surface area contributed by atoms with Crippen molar-refractivity contribution in [3.05, 3.63) is 70.1 Å². The van der Waals surface area contributed by atoms with Crippen LogP contribution in [0.3, 0.4) is 0 Å². The first kappa shape index (κ1) is 28.0. The number of hydrogen-bond donors (Lipinski definition) is 2. The minimum absolute atomic E-state index is 0.0859. The van der Waals surface area contributed by atoms with Crippen LogP contribution in [0.2, 0.25) is 0 Å². The molecule has 13 heteroatoms. The molecule has 4 aromatic rings. The van der Waals surface area contributed by atoms with Gasteiger partial charge in [-0.05, 0) is 57.9 Å². The molecule has 2 aromatic carbocycles. The summed E-state index contributed by atoms with van der Waals surface area (Å²) in [5, 5.41) is 7.72. The van der Waals surface area contributed by atoms with E-state index in [1.54, 1.807) is 48.4 Å². The van der Waals surface area contributed by atoms with Crippen molar-refractivity contribution in [2.24, 2.45) is 0 Å². The van der Waals surface area contributed by atoms with Gasteiger partial charge in [0.15, 0.2) is 0 Å². The van der Waals surface area contributed by atoms with Gasteiger partial charge in [-0.15, -0.1) is 13.2 Å². The molecule has 10 nitrogen and oxygen atoms in total. The van der Waals surface area contributed by atoms with E-state index in [1.807, 2.05) is 0 Å². The molecule has 1 aliphatic heterocycles. The Balaban J connectivity index is 1.46. The van der Waals surface area contributed by atoms with Crippen LogP contribution in [0.5, 0.6) is 5.75 Å². The molecule has 5 rings (SSSR count). The number of carbonyl (C=O) groups excluding carboxylic acids is 2. The van der Waals surface area contributed by atoms with Gasteiger partial charge in [-0.25, -0.2) is 9.31 Å². The van der Waals surface area contributed by atoms with Crippen molar-refractivity contribution in [3.63, 3.8) is 0 Å². The van der Waals surface area contributed by atoms with Gasteiger partial charge < -0.3 is 24.7 Å². The molecule has 0 saturated carbocycles. The Labute approximate surface area is 232 Å². The average molecular weight is 572 g/mol. The maximum atomic E-state index is 13.1. The Morgan fingerprint density at radius 3 is 2.44 bits per heavy atom. The minimum atomic E-state index is -4.97. The Morgan fingerprint density at radius 1 is 1.05 bits per heavy atom. The topological polar surface area (TPSA) is 118 Å². The zero-order chi connectivity index (χ0) is 29.5. The number of anilines is 1. The van der Waals surface area contributed by atoms with E-state index >= 15 is 0 Å². The summed E-state index contributed by atoms with van der Waals surface area (Å²) in [4.78, 5) is 42.7. The van der Waals surface area contributed by atoms with E-state index in [9.17, 15) is 27.6 Å². The predicted molar refractivity (Wildman–Crippen MR) is 144 cm³/mol. The number of benzene rings is 2. The molecule has 0 atom stereocenters. The molecule has 0 aliphatic carbocycles. The SMILES string of the molecule is CC(C)(C)OC(=O)N1CCC(c2cc(=O)[nH]c3c4c(NC(=O)c5ccccc5OC(F)(F)F)cccc4nn23)CC1. The maximum Gasteiger partial charge on any atom is 0.573 e. The predicted octanol–water partition coefficient (Wildman–Crippen LogP) is 5.44. The van der Waals surface area contributed by atoms with E-state index < -0.39 is 23.6 Å². The molecule has 1 saturated heterocycles. The number of nitrogens with one attached hydrogen (secondary N) is 2. The lowest BCUT2D eigenvalue weighted by atomic mass is 9.93. The molecule has 2 amide bonds. The quantitative estimate of drug-likeness (QED) is 0.337. The van der Waals surface area contributed by atoms with E-state index in [1.165, 1.54) is 24.3 Å². The fourth-order valence-electron chi connectivity index (χ4n) is 4.92. The number of piperidine rings is 1. The Bertz CT molecular complexity index is 1680. The van der Waals surface area contributed by atoms with Crippen molar-refractivity contribution in [3.8, 4) is 5.75 Å². The summed E-state index contributed by atoms with van der Waals surface area (Å²) in [6, 6.07) is 11.4. The second-order valence-corrected chi connectivity index (χ2v) is 10.8. The highest BCUT2D eigenvalue weighted by atomic mass is 19.4. The number of aromatic amines is 1. The number of aromatic nitrogens is 3. The van der Waals surface area contributed by atoms with Crippen LogP contribution in [0.15, 0.2) is 53.3 Å². The average Bonchev–Trinajstić information content (AvgIpc) is 3.26. The van der Waals surface area contributed by atoms with E-state index in [0.29, 0.717) is 48.2 Å². The molecule has 216 valence electrons. The number of nitrogens with zero attached hydrogens (tertiary/aromatic N) is 3. The first-order chi connectivity index (χ1) is 19.3. The van der Waals surface area contributed by atoms with Crippen LogP contribution >= 0.6 is 0 Å². The van der Waals surface area contributed by atoms with Crippen LogP contribution in [0.1, 0.15) is 55.6 Å². The lowest BCUT2D eigenvalue weighted by Gasteiger charge is -2.33. The van der Waals surface area contributed by atoms with Crippen molar-refractivity contribution in [1.82, 2.24) is 19.5 Å². The number of halogens is 3. The lowest BCUT2D eigenvalue weighted by Crippen LogP contribution is -2.41. The number of carbonyl (C=O) groups is 2. The van der Waals surface area contributed by atoms with Crippen LogP contribution in [-0.4, -0.2) is 56.6 Å². The van der Waals surface area contributed by atoms with Crippen molar-refractivity contribution < 1.29 is 32.2 Å². The number of likely N-dealkylation sites (tertiary alicyclic amines) is 1. The molecular formula is C28H28F3N5O5. The molecule has 1 aliphatic rings. The third-order valence-corrected chi connectivity index (χ3v) is 6.63. The fraction of sp³-hybridized carbons (Fsp3) is 0.357. The number of fused-ring (bicyclic) bond motifs is 3. The molecule has 0 bridgehead atoms. The molecule has 1 fully saturated rings. The number of alkyl halides is 3. The number of amides is 2. The molecular weight excluding hydrogens is 543 g/mol. The molecule has 0 radical (unpaired) electrons. The summed E-state index contributed by atoms with van der Waals surface area (Å²) in [5.74, 6) is -1.56. The van der Waals surface area contributed by atoms with E-state index in [0.717, 1.165) is 6.07 Å². The number of para-hydroxylation sites is 1. The van der Waals surface area contributed by atoms with Crippen LogP contribution < -0.4 is 15.6 Å². The van der Waals surface area contributed by atoms with E-state index in [-0.39, 0.29) is 28.8 Å². The number of ether oxygens (including phenoxy) is 2. The molecule has 2 aromatic heterocycles. The molecule has 2 N–H and O–H groups in total. The smallest absolute Gasteiger partial charge is 0.444 e. The third kappa shape index (κ3) is 6.13. The van der Waals surface area contributed by atoms with Crippen molar-refractivity contribution in [1.29, 1.82) is 0 Å². The Hall–Kier alpha value is -4.55. The highest BCUT2D eigenvalue weighted by Gasteiger charge is 2.33. The van der Waals surface area contributed by atoms with Gasteiger partial charge in [0.05, 0.1) is 27.8 Å². The van der Waals surface area contributed by atoms with Gasteiger partial charge in [0.2, 0.25) is 0 Å². The third-order valence-electron chi connectivity index (χ3n) is 6.63. The summed E-state index contributed by atoms with van der Waals surface area (Å²) in [7, 11) is 0. The van der Waals surface area contributed by atoms with Gasteiger partial charge in [0.1, 0.15) is 17.0 Å². The summed E-state index contributed by atoms with van der Waals surface area (Å²) >= 11 is 0. The number of hydrogen-bond acceptors (Lipinski definition) is 6. The second-order valence-electron chi connectivity index (χ2n) is 10.8. The summed E-state index contributed by atoms with van der Waals surface area (Å²) in [5.41, 5.74) is 0.368.